The summed E-state index contributed by atoms with van der Waals surface area (Å²) < 4.78 is 0. The molecule has 6 aromatic rings. The van der Waals surface area contributed by atoms with Crippen molar-refractivity contribution in [1.29, 1.82) is 0 Å². The molecule has 4 aliphatic rings. The molecule has 0 spiro atoms. The van der Waals surface area contributed by atoms with Crippen molar-refractivity contribution in [3.8, 4) is 22.3 Å². The quantitative estimate of drug-likeness (QED) is 0.182. The van der Waals surface area contributed by atoms with Gasteiger partial charge < -0.3 is 10.6 Å². The van der Waals surface area contributed by atoms with Crippen molar-refractivity contribution in [1.82, 2.24) is 10.3 Å². The third kappa shape index (κ3) is 6.18. The molecule has 0 bridgehead atoms. The molecular weight excluding hydrogens is 657 g/mol. The van der Waals surface area contributed by atoms with E-state index in [-0.39, 0.29) is 12.0 Å². The van der Waals surface area contributed by atoms with Gasteiger partial charge in [0, 0.05) is 47.7 Å². The number of rotatable bonds is 6. The van der Waals surface area contributed by atoms with Crippen LogP contribution in [0.15, 0.2) is 163 Å². The fourth-order valence-corrected chi connectivity index (χ4v) is 8.82. The zero-order valence-corrected chi connectivity index (χ0v) is 30.3. The number of aliphatic imine (C=N–C) groups is 1. The SMILES string of the molecule is C1=Cc2cccc(-c3cc(C4=CCC5CCc6cccnc6C5N4)cc(C4C=C(c5ccc(-c6ccccc6)cc5)N=C(c5ccccc5)C4)c3)c2NC1. The predicted octanol–water partition coefficient (Wildman–Crippen LogP) is 11.5. The average molecular weight is 699 g/mol. The number of aromatic nitrogens is 1. The van der Waals surface area contributed by atoms with Gasteiger partial charge in [0.05, 0.1) is 17.4 Å². The summed E-state index contributed by atoms with van der Waals surface area (Å²) in [5, 5.41) is 7.71. The van der Waals surface area contributed by atoms with Crippen LogP contribution < -0.4 is 10.6 Å². The minimum absolute atomic E-state index is 0.126. The smallest absolute Gasteiger partial charge is 0.0719 e. The number of pyridine rings is 1. The Labute approximate surface area is 317 Å². The van der Waals surface area contributed by atoms with Gasteiger partial charge in [-0.2, -0.15) is 0 Å². The van der Waals surface area contributed by atoms with Gasteiger partial charge in [-0.15, -0.1) is 0 Å². The first-order valence-electron chi connectivity index (χ1n) is 19.3. The van der Waals surface area contributed by atoms with Crippen LogP contribution in [0.25, 0.3) is 39.7 Å². The predicted molar refractivity (Wildman–Crippen MR) is 224 cm³/mol. The number of aryl methyl sites for hydroxylation is 1. The van der Waals surface area contributed by atoms with Gasteiger partial charge in [0.1, 0.15) is 0 Å². The largest absolute Gasteiger partial charge is 0.381 e. The second kappa shape index (κ2) is 13.9. The van der Waals surface area contributed by atoms with E-state index < -0.39 is 0 Å². The average Bonchev–Trinajstić information content (AvgIpc) is 3.26. The molecule has 10 rings (SSSR count). The molecule has 1 aliphatic carbocycles. The van der Waals surface area contributed by atoms with Crippen molar-refractivity contribution < 1.29 is 0 Å². The van der Waals surface area contributed by atoms with Crippen LogP contribution in [-0.2, 0) is 6.42 Å². The Kier molecular flexibility index (Phi) is 8.37. The Morgan fingerprint density at radius 3 is 2.30 bits per heavy atom. The maximum atomic E-state index is 5.35. The Morgan fingerprint density at radius 1 is 0.667 bits per heavy atom. The maximum Gasteiger partial charge on any atom is 0.0719 e. The number of benzene rings is 5. The lowest BCUT2D eigenvalue weighted by atomic mass is 9.78. The first kappa shape index (κ1) is 32.4. The standard InChI is InChI=1S/C50H42N4/c1-3-10-33(11-4-1)34-18-20-36(21-19-34)47-32-41(31-46(53-47)35-12-5-2-6-13-35)40-28-42(44-17-7-14-37-15-8-26-51-48(37)44)30-43(29-40)45-25-24-39-23-22-38-16-9-27-52-49(38)50(39)54-45/h1-21,25,27-30,32,39,41,50-51,54H,22-24,26,31H2. The summed E-state index contributed by atoms with van der Waals surface area (Å²) >= 11 is 0. The number of hydrogen-bond donors (Lipinski definition) is 2. The number of nitrogens with one attached hydrogen (secondary N) is 2. The van der Waals surface area contributed by atoms with Gasteiger partial charge in [0.15, 0.2) is 0 Å². The van der Waals surface area contributed by atoms with E-state index in [0.717, 1.165) is 42.8 Å². The maximum absolute atomic E-state index is 5.35. The lowest BCUT2D eigenvalue weighted by Crippen LogP contribution is -2.35. The first-order valence-corrected chi connectivity index (χ1v) is 19.3. The highest BCUT2D eigenvalue weighted by atomic mass is 15.0. The van der Waals surface area contributed by atoms with Crippen LogP contribution in [0.5, 0.6) is 0 Å². The molecular formula is C50H42N4. The molecule has 4 nitrogen and oxygen atoms in total. The molecule has 54 heavy (non-hydrogen) atoms. The summed E-state index contributed by atoms with van der Waals surface area (Å²) in [7, 11) is 0. The molecule has 0 saturated heterocycles. The van der Waals surface area contributed by atoms with E-state index in [1.807, 2.05) is 6.20 Å². The molecule has 5 aromatic carbocycles. The molecule has 0 amide bonds. The van der Waals surface area contributed by atoms with E-state index in [9.17, 15) is 0 Å². The summed E-state index contributed by atoms with van der Waals surface area (Å²) in [6.45, 7) is 0.827. The highest BCUT2D eigenvalue weighted by Gasteiger charge is 2.33. The van der Waals surface area contributed by atoms with E-state index in [1.165, 1.54) is 73.6 Å². The van der Waals surface area contributed by atoms with E-state index in [2.05, 4.69) is 168 Å². The van der Waals surface area contributed by atoms with Gasteiger partial charge in [-0.3, -0.25) is 9.98 Å². The van der Waals surface area contributed by atoms with Gasteiger partial charge >= 0.3 is 0 Å². The lowest BCUT2D eigenvalue weighted by Gasteiger charge is -2.37. The fraction of sp³-hybridized carbons (Fsp3) is 0.160. The minimum atomic E-state index is 0.126. The van der Waals surface area contributed by atoms with E-state index >= 15 is 0 Å². The molecule has 3 aliphatic heterocycles. The molecule has 0 saturated carbocycles. The van der Waals surface area contributed by atoms with Crippen LogP contribution in [0.3, 0.4) is 0 Å². The van der Waals surface area contributed by atoms with Crippen molar-refractivity contribution in [2.75, 3.05) is 11.9 Å². The third-order valence-electron chi connectivity index (χ3n) is 11.6. The Bertz CT molecular complexity index is 2470. The number of anilines is 1. The topological polar surface area (TPSA) is 49.3 Å². The molecule has 3 unspecified atom stereocenters. The summed E-state index contributed by atoms with van der Waals surface area (Å²) in [4.78, 5) is 10.3. The van der Waals surface area contributed by atoms with E-state index in [1.54, 1.807) is 0 Å². The van der Waals surface area contributed by atoms with Gasteiger partial charge in [-0.25, -0.2) is 0 Å². The molecule has 1 aromatic heterocycles. The molecule has 0 radical (unpaired) electrons. The van der Waals surface area contributed by atoms with Crippen LogP contribution in [-0.4, -0.2) is 17.2 Å². The van der Waals surface area contributed by atoms with Crippen molar-refractivity contribution in [2.24, 2.45) is 10.9 Å². The normalized spacial score (nSPS) is 19.9. The minimum Gasteiger partial charge on any atom is -0.381 e. The summed E-state index contributed by atoms with van der Waals surface area (Å²) in [5.74, 6) is 0.680. The monoisotopic (exact) mass is 698 g/mol. The lowest BCUT2D eigenvalue weighted by molar-refractivity contribution is 0.333. The molecule has 4 heteroatoms. The highest BCUT2D eigenvalue weighted by molar-refractivity contribution is 6.05. The number of fused-ring (bicyclic) bond motifs is 4. The highest BCUT2D eigenvalue weighted by Crippen LogP contribution is 2.43. The van der Waals surface area contributed by atoms with Gasteiger partial charge in [-0.05, 0) is 93.5 Å². The zero-order valence-electron chi connectivity index (χ0n) is 30.3. The number of hydrogen-bond acceptors (Lipinski definition) is 4. The van der Waals surface area contributed by atoms with Crippen LogP contribution in [0.1, 0.15) is 70.3 Å². The molecule has 262 valence electrons. The van der Waals surface area contributed by atoms with Gasteiger partial charge in [0.2, 0.25) is 0 Å². The van der Waals surface area contributed by atoms with Crippen LogP contribution in [0.4, 0.5) is 5.69 Å². The van der Waals surface area contributed by atoms with Gasteiger partial charge in [0.25, 0.3) is 0 Å². The molecule has 2 N–H and O–H groups in total. The molecule has 3 atom stereocenters. The van der Waals surface area contributed by atoms with Crippen molar-refractivity contribution >= 4 is 28.9 Å². The summed E-state index contributed by atoms with van der Waals surface area (Å²) in [6, 6.07) is 48.6. The second-order valence-corrected chi connectivity index (χ2v) is 14.9. The summed E-state index contributed by atoms with van der Waals surface area (Å²) in [5.41, 5.74) is 18.0. The Morgan fingerprint density at radius 2 is 1.44 bits per heavy atom. The molecule has 0 fully saturated rings. The van der Waals surface area contributed by atoms with Gasteiger partial charge in [-0.1, -0.05) is 140 Å². The fourth-order valence-electron chi connectivity index (χ4n) is 8.82. The Balaban J connectivity index is 1.09. The van der Waals surface area contributed by atoms with Crippen molar-refractivity contribution in [2.45, 2.75) is 37.6 Å². The third-order valence-corrected chi connectivity index (χ3v) is 11.6. The first-order chi connectivity index (χ1) is 26.7. The van der Waals surface area contributed by atoms with E-state index in [4.69, 9.17) is 9.98 Å². The number of para-hydroxylation sites is 1. The molecule has 4 heterocycles. The van der Waals surface area contributed by atoms with Crippen LogP contribution >= 0.6 is 0 Å². The van der Waals surface area contributed by atoms with Crippen LogP contribution in [0, 0.1) is 5.92 Å². The Hall–Kier alpha value is -6.26. The van der Waals surface area contributed by atoms with Crippen molar-refractivity contribution in [3.05, 3.63) is 197 Å². The van der Waals surface area contributed by atoms with Crippen LogP contribution in [0.2, 0.25) is 0 Å². The van der Waals surface area contributed by atoms with E-state index in [0.29, 0.717) is 5.92 Å². The van der Waals surface area contributed by atoms with Crippen molar-refractivity contribution in [3.63, 3.8) is 0 Å². The second-order valence-electron chi connectivity index (χ2n) is 14.9. The summed E-state index contributed by atoms with van der Waals surface area (Å²) in [6.07, 6.45) is 15.4. The zero-order chi connectivity index (χ0) is 35.8. The number of allylic oxidation sites excluding steroid dienone is 2. The number of nitrogens with zero attached hydrogens (tertiary/aromatic N) is 2.